The molecule has 19 heavy (non-hydrogen) atoms. The molecule has 0 saturated carbocycles. The molecule has 0 saturated heterocycles. The van der Waals surface area contributed by atoms with E-state index in [1.165, 1.54) is 0 Å². The molecular weight excluding hydrogens is 268 g/mol. The lowest BCUT2D eigenvalue weighted by molar-refractivity contribution is -0.135. The average Bonchev–Trinajstić information content (AvgIpc) is 2.73. The summed E-state index contributed by atoms with van der Waals surface area (Å²) in [5.41, 5.74) is 1.49. The molecular formula is C13H13ClN2O3. The zero-order valence-corrected chi connectivity index (χ0v) is 11.1. The van der Waals surface area contributed by atoms with E-state index in [2.05, 4.69) is 5.16 Å². The van der Waals surface area contributed by atoms with Crippen molar-refractivity contribution in [2.75, 3.05) is 11.4 Å². The molecule has 2 aromatic rings. The molecule has 0 amide bonds. The van der Waals surface area contributed by atoms with E-state index in [1.807, 2.05) is 6.92 Å². The summed E-state index contributed by atoms with van der Waals surface area (Å²) in [6.45, 7) is 2.00. The molecule has 6 heteroatoms. The van der Waals surface area contributed by atoms with Crippen molar-refractivity contribution in [2.45, 2.75) is 13.5 Å². The van der Waals surface area contributed by atoms with Crippen molar-refractivity contribution in [3.8, 4) is 0 Å². The Kier molecular flexibility index (Phi) is 4.06. The van der Waals surface area contributed by atoms with Crippen LogP contribution in [0.5, 0.6) is 0 Å². The van der Waals surface area contributed by atoms with E-state index >= 15 is 0 Å². The maximum atomic E-state index is 10.9. The third-order valence-electron chi connectivity index (χ3n) is 2.52. The standard InChI is InChI=1S/C13H13ClN2O3/c1-9-5-12(19-15-9)7-16(8-13(17)18)11-4-2-3-10(14)6-11/h2-6H,7-8H2,1H3,(H,17,18). The van der Waals surface area contributed by atoms with Crippen LogP contribution in [-0.2, 0) is 11.3 Å². The Morgan fingerprint density at radius 3 is 2.84 bits per heavy atom. The van der Waals surface area contributed by atoms with E-state index in [9.17, 15) is 4.79 Å². The molecule has 1 aromatic heterocycles. The van der Waals surface area contributed by atoms with Gasteiger partial charge in [0.05, 0.1) is 12.2 Å². The van der Waals surface area contributed by atoms with Crippen LogP contribution in [0.4, 0.5) is 5.69 Å². The highest BCUT2D eigenvalue weighted by Gasteiger charge is 2.14. The summed E-state index contributed by atoms with van der Waals surface area (Å²) in [5.74, 6) is -0.310. The van der Waals surface area contributed by atoms with Crippen molar-refractivity contribution in [1.29, 1.82) is 0 Å². The van der Waals surface area contributed by atoms with Gasteiger partial charge in [0.1, 0.15) is 6.54 Å². The molecule has 0 unspecified atom stereocenters. The number of hydrogen-bond acceptors (Lipinski definition) is 4. The van der Waals surface area contributed by atoms with Crippen LogP contribution in [0.15, 0.2) is 34.9 Å². The Balaban J connectivity index is 2.22. The zero-order valence-electron chi connectivity index (χ0n) is 10.3. The number of aryl methyl sites for hydroxylation is 1. The van der Waals surface area contributed by atoms with Gasteiger partial charge in [-0.25, -0.2) is 0 Å². The Morgan fingerprint density at radius 1 is 1.47 bits per heavy atom. The van der Waals surface area contributed by atoms with Gasteiger partial charge in [-0.3, -0.25) is 4.79 Å². The van der Waals surface area contributed by atoms with Crippen molar-refractivity contribution in [3.05, 3.63) is 46.8 Å². The van der Waals surface area contributed by atoms with Crippen LogP contribution in [0.3, 0.4) is 0 Å². The number of nitrogens with zero attached hydrogens (tertiary/aromatic N) is 2. The topological polar surface area (TPSA) is 66.6 Å². The molecule has 0 fully saturated rings. The van der Waals surface area contributed by atoms with Crippen LogP contribution in [0.25, 0.3) is 0 Å². The summed E-state index contributed by atoms with van der Waals surface area (Å²) < 4.78 is 5.11. The maximum absolute atomic E-state index is 10.9. The highest BCUT2D eigenvalue weighted by molar-refractivity contribution is 6.30. The number of carbonyl (C=O) groups is 1. The van der Waals surface area contributed by atoms with Gasteiger partial charge in [0.25, 0.3) is 0 Å². The fraction of sp³-hybridized carbons (Fsp3) is 0.231. The lowest BCUT2D eigenvalue weighted by Crippen LogP contribution is -2.28. The molecule has 1 N–H and O–H groups in total. The number of carboxylic acids is 1. The normalized spacial score (nSPS) is 10.4. The molecule has 0 aliphatic rings. The van der Waals surface area contributed by atoms with Gasteiger partial charge in [0.15, 0.2) is 5.76 Å². The molecule has 0 aliphatic heterocycles. The quantitative estimate of drug-likeness (QED) is 0.912. The average molecular weight is 281 g/mol. The van der Waals surface area contributed by atoms with E-state index in [-0.39, 0.29) is 6.54 Å². The summed E-state index contributed by atoms with van der Waals surface area (Å²) >= 11 is 5.92. The second-order valence-corrected chi connectivity index (χ2v) is 4.60. The molecule has 5 nitrogen and oxygen atoms in total. The van der Waals surface area contributed by atoms with Crippen molar-refractivity contribution in [2.24, 2.45) is 0 Å². The lowest BCUT2D eigenvalue weighted by Gasteiger charge is -2.21. The van der Waals surface area contributed by atoms with Crippen LogP contribution in [0.2, 0.25) is 5.02 Å². The molecule has 0 spiro atoms. The van der Waals surface area contributed by atoms with Crippen LogP contribution in [-0.4, -0.2) is 22.8 Å². The minimum atomic E-state index is -0.920. The number of hydrogen-bond donors (Lipinski definition) is 1. The summed E-state index contributed by atoms with van der Waals surface area (Å²) in [5, 5.41) is 13.3. The lowest BCUT2D eigenvalue weighted by atomic mass is 10.2. The predicted molar refractivity (Wildman–Crippen MR) is 71.4 cm³/mol. The minimum Gasteiger partial charge on any atom is -0.480 e. The number of benzene rings is 1. The number of rotatable bonds is 5. The SMILES string of the molecule is Cc1cc(CN(CC(=O)O)c2cccc(Cl)c2)on1. The van der Waals surface area contributed by atoms with E-state index in [0.29, 0.717) is 17.3 Å². The Hall–Kier alpha value is -2.01. The molecule has 0 radical (unpaired) electrons. The number of aromatic nitrogens is 1. The van der Waals surface area contributed by atoms with Gasteiger partial charge in [-0.1, -0.05) is 22.8 Å². The molecule has 1 aromatic carbocycles. The monoisotopic (exact) mass is 280 g/mol. The summed E-state index contributed by atoms with van der Waals surface area (Å²) in [4.78, 5) is 12.6. The highest BCUT2D eigenvalue weighted by Crippen LogP contribution is 2.21. The second kappa shape index (κ2) is 5.75. The first kappa shape index (κ1) is 13.4. The molecule has 2 rings (SSSR count). The first-order valence-electron chi connectivity index (χ1n) is 5.69. The Labute approximate surface area is 115 Å². The smallest absolute Gasteiger partial charge is 0.323 e. The van der Waals surface area contributed by atoms with E-state index in [4.69, 9.17) is 21.2 Å². The van der Waals surface area contributed by atoms with Gasteiger partial charge in [0, 0.05) is 16.8 Å². The molecule has 1 heterocycles. The molecule has 0 bridgehead atoms. The van der Waals surface area contributed by atoms with Crippen molar-refractivity contribution < 1.29 is 14.4 Å². The van der Waals surface area contributed by atoms with Crippen molar-refractivity contribution in [3.63, 3.8) is 0 Å². The van der Waals surface area contributed by atoms with E-state index in [1.54, 1.807) is 35.2 Å². The van der Waals surface area contributed by atoms with Crippen molar-refractivity contribution in [1.82, 2.24) is 5.16 Å². The number of aliphatic carboxylic acids is 1. The van der Waals surface area contributed by atoms with Crippen LogP contribution >= 0.6 is 11.6 Å². The first-order valence-corrected chi connectivity index (χ1v) is 6.07. The predicted octanol–water partition coefficient (Wildman–Crippen LogP) is 2.73. The summed E-state index contributed by atoms with van der Waals surface area (Å²) in [6, 6.07) is 8.81. The first-order chi connectivity index (χ1) is 9.04. The Morgan fingerprint density at radius 2 is 2.26 bits per heavy atom. The third-order valence-corrected chi connectivity index (χ3v) is 2.76. The van der Waals surface area contributed by atoms with Gasteiger partial charge in [-0.15, -0.1) is 0 Å². The summed E-state index contributed by atoms with van der Waals surface area (Å²) in [7, 11) is 0. The number of anilines is 1. The van der Waals surface area contributed by atoms with Crippen molar-refractivity contribution >= 4 is 23.3 Å². The number of halogens is 1. The Bertz CT molecular complexity index is 583. The maximum Gasteiger partial charge on any atom is 0.323 e. The molecule has 0 atom stereocenters. The third kappa shape index (κ3) is 3.72. The van der Waals surface area contributed by atoms with Crippen LogP contribution in [0, 0.1) is 6.92 Å². The highest BCUT2D eigenvalue weighted by atomic mass is 35.5. The van der Waals surface area contributed by atoms with Gasteiger partial charge in [-0.05, 0) is 25.1 Å². The van der Waals surface area contributed by atoms with Crippen LogP contribution < -0.4 is 4.90 Å². The van der Waals surface area contributed by atoms with Gasteiger partial charge >= 0.3 is 5.97 Å². The number of carboxylic acid groups (broad SMARTS) is 1. The fourth-order valence-corrected chi connectivity index (χ4v) is 1.94. The largest absolute Gasteiger partial charge is 0.480 e. The minimum absolute atomic E-state index is 0.139. The summed E-state index contributed by atoms with van der Waals surface area (Å²) in [6.07, 6.45) is 0. The van der Waals surface area contributed by atoms with Gasteiger partial charge < -0.3 is 14.5 Å². The second-order valence-electron chi connectivity index (χ2n) is 4.16. The molecule has 100 valence electrons. The van der Waals surface area contributed by atoms with Crippen LogP contribution in [0.1, 0.15) is 11.5 Å². The van der Waals surface area contributed by atoms with E-state index in [0.717, 1.165) is 11.4 Å². The van der Waals surface area contributed by atoms with E-state index < -0.39 is 5.97 Å². The fourth-order valence-electron chi connectivity index (χ4n) is 1.75. The van der Waals surface area contributed by atoms with Gasteiger partial charge in [-0.2, -0.15) is 0 Å². The van der Waals surface area contributed by atoms with Gasteiger partial charge in [0.2, 0.25) is 0 Å². The zero-order chi connectivity index (χ0) is 13.8. The molecule has 0 aliphatic carbocycles.